The maximum Gasteiger partial charge on any atom is 0.297 e. The summed E-state index contributed by atoms with van der Waals surface area (Å²) >= 11 is 1.35. The molecule has 34 heavy (non-hydrogen) atoms. The predicted octanol–water partition coefficient (Wildman–Crippen LogP) is 5.31. The van der Waals surface area contributed by atoms with E-state index >= 15 is 0 Å². The Kier molecular flexibility index (Phi) is 5.91. The summed E-state index contributed by atoms with van der Waals surface area (Å²) in [4.78, 5) is 29.0. The number of hydrogen-bond donors (Lipinski definition) is 0. The molecule has 0 radical (unpaired) electrons. The highest BCUT2D eigenvalue weighted by Gasteiger charge is 2.45. The van der Waals surface area contributed by atoms with Gasteiger partial charge in [-0.3, -0.25) is 14.5 Å². The number of rotatable bonds is 7. The van der Waals surface area contributed by atoms with E-state index < -0.39 is 11.9 Å². The Labute approximate surface area is 201 Å². The minimum Gasteiger partial charge on any atom is -0.494 e. The number of fused-ring (bicyclic) bond motifs is 2. The Morgan fingerprint density at radius 1 is 1.06 bits per heavy atom. The van der Waals surface area contributed by atoms with Crippen LogP contribution in [-0.4, -0.2) is 22.7 Å². The molecule has 0 saturated heterocycles. The van der Waals surface area contributed by atoms with Gasteiger partial charge < -0.3 is 9.15 Å². The maximum atomic E-state index is 13.8. The van der Waals surface area contributed by atoms with Gasteiger partial charge in [0.15, 0.2) is 5.43 Å². The minimum absolute atomic E-state index is 0.0554. The third kappa shape index (κ3) is 3.68. The Hall–Kier alpha value is -3.52. The van der Waals surface area contributed by atoms with E-state index in [-0.39, 0.29) is 11.2 Å². The number of hydrogen-bond acceptors (Lipinski definition) is 7. The fourth-order valence-electron chi connectivity index (χ4n) is 4.23. The summed E-state index contributed by atoms with van der Waals surface area (Å²) in [5, 5.41) is 10.2. The van der Waals surface area contributed by atoms with Crippen LogP contribution in [0.1, 0.15) is 65.5 Å². The van der Waals surface area contributed by atoms with Gasteiger partial charge in [0, 0.05) is 0 Å². The smallest absolute Gasteiger partial charge is 0.297 e. The van der Waals surface area contributed by atoms with Crippen molar-refractivity contribution in [1.29, 1.82) is 0 Å². The maximum absolute atomic E-state index is 13.8. The van der Waals surface area contributed by atoms with E-state index in [2.05, 4.69) is 10.2 Å². The van der Waals surface area contributed by atoms with Gasteiger partial charge in [0.05, 0.1) is 23.6 Å². The predicted molar refractivity (Wildman–Crippen MR) is 132 cm³/mol. The monoisotopic (exact) mass is 475 g/mol. The van der Waals surface area contributed by atoms with Gasteiger partial charge in [-0.05, 0) is 54.7 Å². The lowest BCUT2D eigenvalue weighted by Crippen LogP contribution is -2.29. The fourth-order valence-corrected chi connectivity index (χ4v) is 5.04. The topological polar surface area (TPSA) is 85.5 Å². The normalized spacial score (nSPS) is 15.2. The van der Waals surface area contributed by atoms with E-state index in [1.54, 1.807) is 6.07 Å². The van der Waals surface area contributed by atoms with Crippen LogP contribution < -0.4 is 15.1 Å². The number of anilines is 1. The van der Waals surface area contributed by atoms with Crippen molar-refractivity contribution in [3.05, 3.63) is 80.1 Å². The number of ether oxygens (including phenoxy) is 1. The van der Waals surface area contributed by atoms with Crippen molar-refractivity contribution in [1.82, 2.24) is 10.2 Å². The zero-order chi connectivity index (χ0) is 23.8. The lowest BCUT2D eigenvalue weighted by molar-refractivity contribution is 0.0970. The van der Waals surface area contributed by atoms with Gasteiger partial charge in [-0.15, -0.1) is 10.2 Å². The van der Waals surface area contributed by atoms with Crippen LogP contribution in [0.3, 0.4) is 0 Å². The lowest BCUT2D eigenvalue weighted by Gasteiger charge is -2.22. The van der Waals surface area contributed by atoms with Crippen molar-refractivity contribution in [2.24, 2.45) is 0 Å². The first kappa shape index (κ1) is 22.3. The molecule has 0 saturated carbocycles. The Morgan fingerprint density at radius 3 is 2.65 bits per heavy atom. The summed E-state index contributed by atoms with van der Waals surface area (Å²) in [7, 11) is 0. The first-order valence-corrected chi connectivity index (χ1v) is 12.4. The van der Waals surface area contributed by atoms with Crippen molar-refractivity contribution < 1.29 is 13.9 Å². The largest absolute Gasteiger partial charge is 0.494 e. The number of nitrogens with zero attached hydrogens (tertiary/aromatic N) is 3. The Morgan fingerprint density at radius 2 is 1.91 bits per heavy atom. The van der Waals surface area contributed by atoms with Gasteiger partial charge in [-0.25, -0.2) is 0 Å². The summed E-state index contributed by atoms with van der Waals surface area (Å²) in [6, 6.07) is 12.4. The van der Waals surface area contributed by atoms with Crippen molar-refractivity contribution in [2.75, 3.05) is 11.5 Å². The van der Waals surface area contributed by atoms with Gasteiger partial charge in [0.2, 0.25) is 10.9 Å². The van der Waals surface area contributed by atoms with Crippen LogP contribution in [0.25, 0.3) is 11.0 Å². The molecule has 1 aliphatic rings. The number of carbonyl (C=O) groups is 1. The highest BCUT2D eigenvalue weighted by atomic mass is 32.1. The van der Waals surface area contributed by atoms with Gasteiger partial charge in [0.1, 0.15) is 16.3 Å². The third-order valence-electron chi connectivity index (χ3n) is 5.95. The second kappa shape index (κ2) is 9.02. The molecule has 3 heterocycles. The number of aryl methyl sites for hydroxylation is 2. The van der Waals surface area contributed by atoms with Crippen LogP contribution in [0.15, 0.2) is 51.7 Å². The summed E-state index contributed by atoms with van der Waals surface area (Å²) in [5.74, 6) is 0.349. The van der Waals surface area contributed by atoms with Gasteiger partial charge >= 0.3 is 0 Å². The van der Waals surface area contributed by atoms with E-state index in [0.717, 1.165) is 29.0 Å². The molecule has 1 amide bonds. The van der Waals surface area contributed by atoms with Crippen LogP contribution in [-0.2, 0) is 12.8 Å². The summed E-state index contributed by atoms with van der Waals surface area (Å²) in [5.41, 5.74) is 2.32. The van der Waals surface area contributed by atoms with Crippen LogP contribution >= 0.6 is 11.3 Å². The molecular formula is C26H25N3O4S. The molecule has 2 aromatic heterocycles. The van der Waals surface area contributed by atoms with E-state index in [4.69, 9.17) is 9.15 Å². The second-order valence-corrected chi connectivity index (χ2v) is 9.23. The van der Waals surface area contributed by atoms with E-state index in [9.17, 15) is 9.59 Å². The molecule has 1 unspecified atom stereocenters. The zero-order valence-corrected chi connectivity index (χ0v) is 20.1. The van der Waals surface area contributed by atoms with Crippen LogP contribution in [0, 0.1) is 0 Å². The number of carbonyl (C=O) groups excluding carboxylic acids is 1. The van der Waals surface area contributed by atoms with Crippen molar-refractivity contribution in [3.63, 3.8) is 0 Å². The molecule has 0 fully saturated rings. The molecule has 8 heteroatoms. The molecule has 5 rings (SSSR count). The first-order chi connectivity index (χ1) is 16.5. The summed E-state index contributed by atoms with van der Waals surface area (Å²) in [6.45, 7) is 6.64. The molecule has 7 nitrogen and oxygen atoms in total. The minimum atomic E-state index is -0.684. The van der Waals surface area contributed by atoms with Crippen LogP contribution in [0.5, 0.6) is 5.75 Å². The van der Waals surface area contributed by atoms with Crippen molar-refractivity contribution >= 4 is 33.3 Å². The van der Waals surface area contributed by atoms with Gasteiger partial charge in [0.25, 0.3) is 5.91 Å². The summed E-state index contributed by atoms with van der Waals surface area (Å²) in [6.07, 6.45) is 2.38. The SMILES string of the molecule is CCCOc1cccc(C2c3c(oc4ccc(CC)cc4c3=O)C(=O)N2c2nnc(CC)s2)c1. The molecule has 0 bridgehead atoms. The molecule has 4 aromatic rings. The van der Waals surface area contributed by atoms with Crippen LogP contribution in [0.4, 0.5) is 5.13 Å². The van der Waals surface area contributed by atoms with Crippen molar-refractivity contribution in [3.8, 4) is 5.75 Å². The second-order valence-electron chi connectivity index (χ2n) is 8.19. The van der Waals surface area contributed by atoms with Crippen LogP contribution in [0.2, 0.25) is 0 Å². The number of amides is 1. The van der Waals surface area contributed by atoms with Gasteiger partial charge in [-0.2, -0.15) is 0 Å². The average Bonchev–Trinajstić information content (AvgIpc) is 3.45. The van der Waals surface area contributed by atoms with Crippen molar-refractivity contribution in [2.45, 2.75) is 46.1 Å². The molecule has 1 aliphatic heterocycles. The highest BCUT2D eigenvalue weighted by molar-refractivity contribution is 7.15. The third-order valence-corrected chi connectivity index (χ3v) is 7.02. The average molecular weight is 476 g/mol. The van der Waals surface area contributed by atoms with E-state index in [1.165, 1.54) is 16.2 Å². The fraction of sp³-hybridized carbons (Fsp3) is 0.308. The summed E-state index contributed by atoms with van der Waals surface area (Å²) < 4.78 is 11.9. The Bertz CT molecular complexity index is 1440. The standard InChI is InChI=1S/C26H25N3O4S/c1-4-12-32-17-9-7-8-16(14-17)22-21-23(30)18-13-15(5-2)10-11-19(18)33-24(21)25(31)29(22)26-28-27-20(6-3)34-26/h7-11,13-14,22H,4-6,12H2,1-3H3. The molecule has 0 N–H and O–H groups in total. The Balaban J connectivity index is 1.74. The molecular weight excluding hydrogens is 450 g/mol. The molecule has 0 aliphatic carbocycles. The molecule has 1 atom stereocenters. The lowest BCUT2D eigenvalue weighted by atomic mass is 9.98. The number of benzene rings is 2. The quantitative estimate of drug-likeness (QED) is 0.360. The van der Waals surface area contributed by atoms with E-state index in [0.29, 0.717) is 40.4 Å². The molecule has 0 spiro atoms. The molecule has 2 aromatic carbocycles. The van der Waals surface area contributed by atoms with E-state index in [1.807, 2.05) is 57.2 Å². The zero-order valence-electron chi connectivity index (χ0n) is 19.3. The molecule has 174 valence electrons. The number of aromatic nitrogens is 2. The first-order valence-electron chi connectivity index (χ1n) is 11.5. The highest BCUT2D eigenvalue weighted by Crippen LogP contribution is 2.42. The van der Waals surface area contributed by atoms with Gasteiger partial charge in [-0.1, -0.05) is 50.3 Å².